The molecule has 1 aromatic heterocycles. The van der Waals surface area contributed by atoms with Gasteiger partial charge in [-0.25, -0.2) is 4.98 Å². The van der Waals surface area contributed by atoms with Gasteiger partial charge in [0.1, 0.15) is 10.7 Å². The van der Waals surface area contributed by atoms with E-state index in [0.717, 1.165) is 17.8 Å². The molecule has 2 atom stereocenters. The number of hydrogen-bond donors (Lipinski definition) is 3. The number of carboxylic acids is 1. The molecule has 0 aromatic carbocycles. The van der Waals surface area contributed by atoms with Crippen LogP contribution in [0, 0.1) is 5.92 Å². The third kappa shape index (κ3) is 6.22. The molecule has 2 unspecified atom stereocenters. The second kappa shape index (κ2) is 8.74. The fourth-order valence-electron chi connectivity index (χ4n) is 1.96. The predicted molar refractivity (Wildman–Crippen MR) is 82.3 cm³/mol. The minimum Gasteiger partial charge on any atom is -0.481 e. The van der Waals surface area contributed by atoms with Crippen LogP contribution in [0.3, 0.4) is 0 Å². The van der Waals surface area contributed by atoms with Crippen molar-refractivity contribution in [2.45, 2.75) is 45.6 Å². The predicted octanol–water partition coefficient (Wildman–Crippen LogP) is 2.17. The van der Waals surface area contributed by atoms with Gasteiger partial charge in [0.25, 0.3) is 5.91 Å². The average Bonchev–Trinajstić information content (AvgIpc) is 2.92. The maximum Gasteiger partial charge on any atom is 0.303 e. The van der Waals surface area contributed by atoms with Crippen molar-refractivity contribution in [3.05, 3.63) is 16.1 Å². The Labute approximate surface area is 128 Å². The van der Waals surface area contributed by atoms with Crippen LogP contribution in [0.5, 0.6) is 0 Å². The zero-order valence-electron chi connectivity index (χ0n) is 12.5. The number of thiazole rings is 1. The summed E-state index contributed by atoms with van der Waals surface area (Å²) in [4.78, 5) is 26.7. The Morgan fingerprint density at radius 1 is 1.48 bits per heavy atom. The van der Waals surface area contributed by atoms with Gasteiger partial charge in [-0.3, -0.25) is 9.59 Å². The van der Waals surface area contributed by atoms with E-state index in [0.29, 0.717) is 24.6 Å². The minimum atomic E-state index is -0.775. The summed E-state index contributed by atoms with van der Waals surface area (Å²) in [6, 6.07) is -0.169. The first-order chi connectivity index (χ1) is 9.93. The van der Waals surface area contributed by atoms with E-state index in [1.807, 2.05) is 13.8 Å². The Kier molecular flexibility index (Phi) is 7.31. The largest absolute Gasteiger partial charge is 0.481 e. The summed E-state index contributed by atoms with van der Waals surface area (Å²) in [5, 5.41) is 13.9. The molecular weight excluding hydrogens is 290 g/mol. The fraction of sp³-hybridized carbons (Fsp3) is 0.643. The van der Waals surface area contributed by atoms with Crippen LogP contribution < -0.4 is 11.1 Å². The van der Waals surface area contributed by atoms with E-state index in [1.165, 1.54) is 11.3 Å². The van der Waals surface area contributed by atoms with E-state index >= 15 is 0 Å². The van der Waals surface area contributed by atoms with Crippen LogP contribution >= 0.6 is 11.3 Å². The smallest absolute Gasteiger partial charge is 0.303 e. The molecule has 1 amide bonds. The van der Waals surface area contributed by atoms with Gasteiger partial charge in [-0.05, 0) is 25.7 Å². The summed E-state index contributed by atoms with van der Waals surface area (Å²) in [6.07, 6.45) is 2.51. The summed E-state index contributed by atoms with van der Waals surface area (Å²) in [5.41, 5.74) is 6.11. The molecule has 1 heterocycles. The molecule has 0 radical (unpaired) electrons. The van der Waals surface area contributed by atoms with Crippen molar-refractivity contribution in [1.29, 1.82) is 0 Å². The zero-order chi connectivity index (χ0) is 15.8. The van der Waals surface area contributed by atoms with E-state index in [2.05, 4.69) is 10.3 Å². The average molecular weight is 313 g/mol. The lowest BCUT2D eigenvalue weighted by atomic mass is 9.97. The van der Waals surface area contributed by atoms with Crippen molar-refractivity contribution in [2.75, 3.05) is 6.54 Å². The SMILES string of the molecule is CCC(CCNC(=O)c1csc(C(C)N)n1)CCC(=O)O. The first-order valence-electron chi connectivity index (χ1n) is 7.15. The van der Waals surface area contributed by atoms with Gasteiger partial charge in [0.05, 0.1) is 6.04 Å². The van der Waals surface area contributed by atoms with Gasteiger partial charge in [-0.1, -0.05) is 13.3 Å². The summed E-state index contributed by atoms with van der Waals surface area (Å²) in [7, 11) is 0. The molecule has 118 valence electrons. The lowest BCUT2D eigenvalue weighted by molar-refractivity contribution is -0.137. The van der Waals surface area contributed by atoms with Gasteiger partial charge in [0.15, 0.2) is 0 Å². The third-order valence-corrected chi connectivity index (χ3v) is 4.37. The van der Waals surface area contributed by atoms with E-state index in [4.69, 9.17) is 10.8 Å². The molecule has 21 heavy (non-hydrogen) atoms. The van der Waals surface area contributed by atoms with Crippen molar-refractivity contribution < 1.29 is 14.7 Å². The number of nitrogens with two attached hydrogens (primary N) is 1. The molecule has 1 rings (SSSR count). The standard InChI is InChI=1S/C14H23N3O3S/c1-3-10(4-5-12(18)19)6-7-16-13(20)11-8-21-14(17-11)9(2)15/h8-10H,3-7,15H2,1-2H3,(H,16,20)(H,18,19). The molecule has 0 aliphatic rings. The van der Waals surface area contributed by atoms with E-state index in [1.54, 1.807) is 5.38 Å². The van der Waals surface area contributed by atoms with E-state index < -0.39 is 5.97 Å². The van der Waals surface area contributed by atoms with Gasteiger partial charge in [0.2, 0.25) is 0 Å². The summed E-state index contributed by atoms with van der Waals surface area (Å²) in [6.45, 7) is 4.39. The number of rotatable bonds is 9. The summed E-state index contributed by atoms with van der Waals surface area (Å²) < 4.78 is 0. The molecule has 0 aliphatic carbocycles. The molecule has 0 fully saturated rings. The van der Waals surface area contributed by atoms with Crippen molar-refractivity contribution in [3.8, 4) is 0 Å². The van der Waals surface area contributed by atoms with Crippen LogP contribution in [-0.4, -0.2) is 28.5 Å². The molecule has 0 spiro atoms. The van der Waals surface area contributed by atoms with Gasteiger partial charge in [0, 0.05) is 18.3 Å². The number of aromatic nitrogens is 1. The van der Waals surface area contributed by atoms with E-state index in [-0.39, 0.29) is 18.4 Å². The number of aliphatic carboxylic acids is 1. The number of carbonyl (C=O) groups is 2. The Balaban J connectivity index is 2.36. The Bertz CT molecular complexity index is 474. The topological polar surface area (TPSA) is 105 Å². The normalized spacial score (nSPS) is 13.7. The van der Waals surface area contributed by atoms with Crippen molar-refractivity contribution in [2.24, 2.45) is 11.7 Å². The third-order valence-electron chi connectivity index (χ3n) is 3.33. The molecule has 0 saturated carbocycles. The quantitative estimate of drug-likeness (QED) is 0.648. The fourth-order valence-corrected chi connectivity index (χ4v) is 2.72. The van der Waals surface area contributed by atoms with Gasteiger partial charge in [-0.2, -0.15) is 0 Å². The Morgan fingerprint density at radius 2 is 2.19 bits per heavy atom. The Hall–Kier alpha value is -1.47. The first-order valence-corrected chi connectivity index (χ1v) is 8.03. The Morgan fingerprint density at radius 3 is 2.71 bits per heavy atom. The summed E-state index contributed by atoms with van der Waals surface area (Å²) in [5.74, 6) is -0.661. The lowest BCUT2D eigenvalue weighted by Gasteiger charge is -2.13. The molecule has 0 aliphatic heterocycles. The van der Waals surface area contributed by atoms with Crippen LogP contribution in [0.25, 0.3) is 0 Å². The highest BCUT2D eigenvalue weighted by molar-refractivity contribution is 7.09. The molecule has 1 aromatic rings. The molecule has 0 saturated heterocycles. The van der Waals surface area contributed by atoms with Crippen LogP contribution in [0.4, 0.5) is 0 Å². The molecule has 0 bridgehead atoms. The number of carbonyl (C=O) groups excluding carboxylic acids is 1. The number of amides is 1. The molecule has 6 nitrogen and oxygen atoms in total. The highest BCUT2D eigenvalue weighted by Crippen LogP contribution is 2.16. The summed E-state index contributed by atoms with van der Waals surface area (Å²) >= 11 is 1.38. The van der Waals surface area contributed by atoms with Crippen molar-refractivity contribution >= 4 is 23.2 Å². The molecular formula is C14H23N3O3S. The minimum absolute atomic E-state index is 0.169. The molecule has 4 N–H and O–H groups in total. The van der Waals surface area contributed by atoms with Crippen LogP contribution in [0.1, 0.15) is 61.1 Å². The second-order valence-electron chi connectivity index (χ2n) is 5.11. The maximum atomic E-state index is 11.9. The van der Waals surface area contributed by atoms with Crippen molar-refractivity contribution in [1.82, 2.24) is 10.3 Å². The zero-order valence-corrected chi connectivity index (χ0v) is 13.3. The first kappa shape index (κ1) is 17.6. The number of carboxylic acid groups (broad SMARTS) is 1. The monoisotopic (exact) mass is 313 g/mol. The van der Waals surface area contributed by atoms with Gasteiger partial charge >= 0.3 is 5.97 Å². The molecule has 7 heteroatoms. The lowest BCUT2D eigenvalue weighted by Crippen LogP contribution is -2.26. The number of nitrogens with one attached hydrogen (secondary N) is 1. The van der Waals surface area contributed by atoms with E-state index in [9.17, 15) is 9.59 Å². The number of hydrogen-bond acceptors (Lipinski definition) is 5. The second-order valence-corrected chi connectivity index (χ2v) is 6.00. The van der Waals surface area contributed by atoms with Crippen molar-refractivity contribution in [3.63, 3.8) is 0 Å². The van der Waals surface area contributed by atoms with Crippen LogP contribution in [0.15, 0.2) is 5.38 Å². The highest BCUT2D eigenvalue weighted by Gasteiger charge is 2.13. The number of nitrogens with zero attached hydrogens (tertiary/aromatic N) is 1. The van der Waals surface area contributed by atoms with Crippen LogP contribution in [0.2, 0.25) is 0 Å². The van der Waals surface area contributed by atoms with Crippen LogP contribution in [-0.2, 0) is 4.79 Å². The van der Waals surface area contributed by atoms with Gasteiger partial charge in [-0.15, -0.1) is 11.3 Å². The maximum absolute atomic E-state index is 11.9. The highest BCUT2D eigenvalue weighted by atomic mass is 32.1. The van der Waals surface area contributed by atoms with Gasteiger partial charge < -0.3 is 16.2 Å².